The third-order valence-corrected chi connectivity index (χ3v) is 1.05. The molecule has 0 aromatic rings. The molecule has 0 unspecified atom stereocenters. The molecule has 0 spiro atoms. The summed E-state index contributed by atoms with van der Waals surface area (Å²) in [6.07, 6.45) is -0.389. The highest BCUT2D eigenvalue weighted by Crippen LogP contribution is 1.89. The average molecular weight is 190 g/mol. The van der Waals surface area contributed by atoms with Gasteiger partial charge in [0.15, 0.2) is 0 Å². The third kappa shape index (κ3) is 7.23. The third-order valence-electron chi connectivity index (χ3n) is 1.05. The summed E-state index contributed by atoms with van der Waals surface area (Å²) in [5.74, 6) is -1.26. The van der Waals surface area contributed by atoms with Crippen LogP contribution in [-0.2, 0) is 19.1 Å². The molecule has 0 aromatic carbocycles. The fraction of sp³-hybridized carbons (Fsp3) is 0.714. The Bertz CT molecular complexity index is 154. The lowest BCUT2D eigenvalue weighted by atomic mass is 10.4. The van der Waals surface area contributed by atoms with E-state index in [1.54, 1.807) is 0 Å². The normalized spacial score (nSPS) is 9.38. The summed E-state index contributed by atoms with van der Waals surface area (Å²) in [7, 11) is 0. The van der Waals surface area contributed by atoms with E-state index in [2.05, 4.69) is 9.47 Å². The maximum absolute atomic E-state index is 10.8. The van der Waals surface area contributed by atoms with Gasteiger partial charge in [0.25, 0.3) is 0 Å². The van der Waals surface area contributed by atoms with Crippen LogP contribution in [-0.4, -0.2) is 38.2 Å². The summed E-state index contributed by atoms with van der Waals surface area (Å²) in [5.41, 5.74) is 10.2. The molecule has 6 nitrogen and oxygen atoms in total. The smallest absolute Gasteiger partial charge is 0.317 e. The number of ether oxygens (including phenoxy) is 2. The van der Waals surface area contributed by atoms with Crippen LogP contribution in [0.3, 0.4) is 0 Å². The van der Waals surface area contributed by atoms with Gasteiger partial charge in [-0.3, -0.25) is 9.59 Å². The van der Waals surface area contributed by atoms with Crippen LogP contribution >= 0.6 is 0 Å². The number of esters is 2. The van der Waals surface area contributed by atoms with Crippen molar-refractivity contribution < 1.29 is 19.1 Å². The molecule has 0 radical (unpaired) electrons. The summed E-state index contributed by atoms with van der Waals surface area (Å²) >= 11 is 0. The number of carbonyl (C=O) groups is 2. The van der Waals surface area contributed by atoms with E-state index < -0.39 is 11.9 Å². The second kappa shape index (κ2) is 7.51. The number of hydrogen-bond acceptors (Lipinski definition) is 6. The fourth-order valence-corrected chi connectivity index (χ4v) is 0.565. The maximum Gasteiger partial charge on any atom is 0.317 e. The van der Waals surface area contributed by atoms with Crippen LogP contribution in [0.5, 0.6) is 0 Å². The first-order chi connectivity index (χ1) is 6.20. The van der Waals surface area contributed by atoms with Crippen molar-refractivity contribution in [3.05, 3.63) is 0 Å². The first-order valence-electron chi connectivity index (χ1n) is 3.92. The molecule has 0 aliphatic heterocycles. The van der Waals surface area contributed by atoms with Crippen LogP contribution in [0.1, 0.15) is 6.42 Å². The molecule has 0 rings (SSSR count). The van der Waals surface area contributed by atoms with Gasteiger partial charge in [0.1, 0.15) is 19.6 Å². The molecule has 0 aliphatic carbocycles. The Labute approximate surface area is 76.2 Å². The zero-order chi connectivity index (χ0) is 10.1. The first-order valence-corrected chi connectivity index (χ1v) is 3.92. The molecular formula is C7H14N2O4. The van der Waals surface area contributed by atoms with Crippen molar-refractivity contribution >= 4 is 11.9 Å². The summed E-state index contributed by atoms with van der Waals surface area (Å²) in [5, 5.41) is 0. The van der Waals surface area contributed by atoms with E-state index in [1.165, 1.54) is 0 Å². The van der Waals surface area contributed by atoms with E-state index >= 15 is 0 Å². The van der Waals surface area contributed by atoms with E-state index in [1.807, 2.05) is 0 Å². The van der Waals surface area contributed by atoms with Crippen molar-refractivity contribution in [2.75, 3.05) is 26.3 Å². The molecule has 0 heterocycles. The van der Waals surface area contributed by atoms with Crippen LogP contribution in [0.2, 0.25) is 0 Å². The van der Waals surface area contributed by atoms with Gasteiger partial charge in [-0.05, 0) is 0 Å². The molecular weight excluding hydrogens is 176 g/mol. The van der Waals surface area contributed by atoms with Gasteiger partial charge in [-0.1, -0.05) is 0 Å². The lowest BCUT2D eigenvalue weighted by molar-refractivity contribution is -0.154. The fourth-order valence-electron chi connectivity index (χ4n) is 0.565. The molecule has 0 fully saturated rings. The molecule has 0 aromatic heterocycles. The number of nitrogens with two attached hydrogens (primary N) is 2. The van der Waals surface area contributed by atoms with Crippen molar-refractivity contribution in [1.82, 2.24) is 0 Å². The molecule has 4 N–H and O–H groups in total. The van der Waals surface area contributed by atoms with Crippen LogP contribution in [0.25, 0.3) is 0 Å². The van der Waals surface area contributed by atoms with Crippen molar-refractivity contribution in [2.24, 2.45) is 11.5 Å². The lowest BCUT2D eigenvalue weighted by Crippen LogP contribution is -2.19. The van der Waals surface area contributed by atoms with Gasteiger partial charge in [-0.15, -0.1) is 0 Å². The van der Waals surface area contributed by atoms with Crippen molar-refractivity contribution in [3.8, 4) is 0 Å². The molecule has 0 saturated heterocycles. The summed E-state index contributed by atoms with van der Waals surface area (Å²) in [6.45, 7) is 0.708. The van der Waals surface area contributed by atoms with E-state index in [4.69, 9.17) is 11.5 Å². The SMILES string of the molecule is NCCOC(=O)CC(=O)OCCN. The van der Waals surface area contributed by atoms with Crippen LogP contribution < -0.4 is 11.5 Å². The average Bonchev–Trinajstić information content (AvgIpc) is 2.11. The van der Waals surface area contributed by atoms with Crippen molar-refractivity contribution in [1.29, 1.82) is 0 Å². The highest BCUT2D eigenvalue weighted by molar-refractivity contribution is 5.91. The second-order valence-electron chi connectivity index (χ2n) is 2.20. The lowest BCUT2D eigenvalue weighted by Gasteiger charge is -2.03. The molecule has 0 aliphatic rings. The van der Waals surface area contributed by atoms with Gasteiger partial charge in [0, 0.05) is 13.1 Å². The standard InChI is InChI=1S/C7H14N2O4/c8-1-3-12-6(10)5-7(11)13-4-2-9/h1-5,8-9H2. The summed E-state index contributed by atoms with van der Waals surface area (Å²) < 4.78 is 9.09. The van der Waals surface area contributed by atoms with Gasteiger partial charge >= 0.3 is 11.9 Å². The predicted octanol–water partition coefficient (Wildman–Crippen LogP) is -1.62. The van der Waals surface area contributed by atoms with Crippen molar-refractivity contribution in [3.63, 3.8) is 0 Å². The monoisotopic (exact) mass is 190 g/mol. The highest BCUT2D eigenvalue weighted by atomic mass is 16.6. The molecule has 76 valence electrons. The number of hydrogen-bond donors (Lipinski definition) is 2. The van der Waals surface area contributed by atoms with Crippen LogP contribution in [0.15, 0.2) is 0 Å². The largest absolute Gasteiger partial charge is 0.464 e. The summed E-state index contributed by atoms with van der Waals surface area (Å²) in [6, 6.07) is 0. The molecule has 0 atom stereocenters. The van der Waals surface area contributed by atoms with Crippen LogP contribution in [0, 0.1) is 0 Å². The van der Waals surface area contributed by atoms with Gasteiger partial charge < -0.3 is 20.9 Å². The molecule has 6 heteroatoms. The Balaban J connectivity index is 3.47. The van der Waals surface area contributed by atoms with Crippen LogP contribution in [0.4, 0.5) is 0 Å². The Hall–Kier alpha value is -1.14. The molecule has 13 heavy (non-hydrogen) atoms. The molecule has 0 amide bonds. The topological polar surface area (TPSA) is 105 Å². The Morgan fingerprint density at radius 2 is 1.31 bits per heavy atom. The van der Waals surface area contributed by atoms with E-state index in [-0.39, 0.29) is 32.7 Å². The number of rotatable bonds is 6. The first kappa shape index (κ1) is 11.9. The van der Waals surface area contributed by atoms with Gasteiger partial charge in [0.05, 0.1) is 0 Å². The highest BCUT2D eigenvalue weighted by Gasteiger charge is 2.10. The minimum absolute atomic E-state index is 0.114. The van der Waals surface area contributed by atoms with Gasteiger partial charge in [0.2, 0.25) is 0 Å². The quantitative estimate of drug-likeness (QED) is 0.385. The Kier molecular flexibility index (Phi) is 6.85. The van der Waals surface area contributed by atoms with E-state index in [0.29, 0.717) is 0 Å². The van der Waals surface area contributed by atoms with Gasteiger partial charge in [-0.25, -0.2) is 0 Å². The van der Waals surface area contributed by atoms with E-state index in [9.17, 15) is 9.59 Å². The summed E-state index contributed by atoms with van der Waals surface area (Å²) in [4.78, 5) is 21.5. The Morgan fingerprint density at radius 1 is 0.923 bits per heavy atom. The number of carbonyl (C=O) groups excluding carboxylic acids is 2. The molecule has 0 bridgehead atoms. The van der Waals surface area contributed by atoms with E-state index in [0.717, 1.165) is 0 Å². The minimum Gasteiger partial charge on any atom is -0.464 e. The van der Waals surface area contributed by atoms with Crippen molar-refractivity contribution in [2.45, 2.75) is 6.42 Å². The predicted molar refractivity (Wildman–Crippen MR) is 44.6 cm³/mol. The second-order valence-corrected chi connectivity index (χ2v) is 2.20. The minimum atomic E-state index is -0.632. The van der Waals surface area contributed by atoms with Gasteiger partial charge in [-0.2, -0.15) is 0 Å². The maximum atomic E-state index is 10.8. The molecule has 0 saturated carbocycles. The Morgan fingerprint density at radius 3 is 1.62 bits per heavy atom. The zero-order valence-electron chi connectivity index (χ0n) is 7.32. The zero-order valence-corrected chi connectivity index (χ0v) is 7.32.